The predicted octanol–water partition coefficient (Wildman–Crippen LogP) is -1.38. The van der Waals surface area contributed by atoms with Crippen molar-refractivity contribution in [2.75, 3.05) is 38.3 Å². The summed E-state index contributed by atoms with van der Waals surface area (Å²) in [5, 5.41) is 3.01. The lowest BCUT2D eigenvalue weighted by atomic mass is 10.1. The summed E-state index contributed by atoms with van der Waals surface area (Å²) in [5.74, 6) is 0.187. The molecule has 2 atom stereocenters. The molecule has 1 N–H and O–H groups in total. The standard InChI is InChI=1S/C10H18N2O4S/c1-11-4-9-5-16-6-10(13)12(9)8-2-3-17(14,15)7-8/h8-9,11H,2-7H2,1H3. The van der Waals surface area contributed by atoms with Crippen molar-refractivity contribution in [2.24, 2.45) is 0 Å². The Balaban J connectivity index is 2.12. The molecule has 0 spiro atoms. The first-order valence-corrected chi connectivity index (χ1v) is 7.59. The Hall–Kier alpha value is -0.660. The molecule has 2 saturated heterocycles. The summed E-state index contributed by atoms with van der Waals surface area (Å²) in [6, 6.07) is -0.228. The van der Waals surface area contributed by atoms with Gasteiger partial charge in [0, 0.05) is 12.6 Å². The van der Waals surface area contributed by atoms with Crippen molar-refractivity contribution in [2.45, 2.75) is 18.5 Å². The molecule has 0 radical (unpaired) electrons. The van der Waals surface area contributed by atoms with Crippen molar-refractivity contribution in [3.8, 4) is 0 Å². The van der Waals surface area contributed by atoms with E-state index < -0.39 is 9.84 Å². The summed E-state index contributed by atoms with van der Waals surface area (Å²) in [6.45, 7) is 1.17. The highest BCUT2D eigenvalue weighted by Crippen LogP contribution is 2.22. The molecule has 0 bridgehead atoms. The molecule has 2 rings (SSSR count). The number of nitrogens with zero attached hydrogens (tertiary/aromatic N) is 1. The zero-order chi connectivity index (χ0) is 12.5. The van der Waals surface area contributed by atoms with Gasteiger partial charge >= 0.3 is 0 Å². The lowest BCUT2D eigenvalue weighted by molar-refractivity contribution is -0.150. The second-order valence-electron chi connectivity index (χ2n) is 4.58. The van der Waals surface area contributed by atoms with Crippen LogP contribution in [0, 0.1) is 0 Å². The van der Waals surface area contributed by atoms with Crippen molar-refractivity contribution < 1.29 is 17.9 Å². The fourth-order valence-electron chi connectivity index (χ4n) is 2.53. The first kappa shape index (κ1) is 12.8. The molecule has 0 aromatic rings. The number of nitrogens with one attached hydrogen (secondary N) is 1. The Bertz CT molecular complexity index is 393. The first-order valence-electron chi connectivity index (χ1n) is 5.77. The van der Waals surface area contributed by atoms with Crippen molar-refractivity contribution in [1.29, 1.82) is 0 Å². The Kier molecular flexibility index (Phi) is 3.70. The molecule has 0 saturated carbocycles. The average molecular weight is 262 g/mol. The molecular weight excluding hydrogens is 244 g/mol. The number of carbonyl (C=O) groups excluding carboxylic acids is 1. The SMILES string of the molecule is CNCC1COCC(=O)N1C1CCS(=O)(=O)C1. The van der Waals surface area contributed by atoms with Gasteiger partial charge in [0.15, 0.2) is 9.84 Å². The van der Waals surface area contributed by atoms with E-state index in [2.05, 4.69) is 5.32 Å². The number of carbonyl (C=O) groups is 1. The van der Waals surface area contributed by atoms with Crippen LogP contribution in [0.2, 0.25) is 0 Å². The first-order chi connectivity index (χ1) is 8.03. The topological polar surface area (TPSA) is 75.7 Å². The fourth-order valence-corrected chi connectivity index (χ4v) is 4.24. The van der Waals surface area contributed by atoms with Crippen LogP contribution < -0.4 is 5.32 Å². The van der Waals surface area contributed by atoms with Gasteiger partial charge in [0.25, 0.3) is 0 Å². The maximum absolute atomic E-state index is 11.9. The second kappa shape index (κ2) is 4.91. The van der Waals surface area contributed by atoms with E-state index in [0.29, 0.717) is 19.6 Å². The summed E-state index contributed by atoms with van der Waals surface area (Å²) >= 11 is 0. The number of morpholine rings is 1. The second-order valence-corrected chi connectivity index (χ2v) is 6.81. The van der Waals surface area contributed by atoms with E-state index in [-0.39, 0.29) is 36.1 Å². The van der Waals surface area contributed by atoms with Crippen molar-refractivity contribution in [3.05, 3.63) is 0 Å². The van der Waals surface area contributed by atoms with Crippen LogP contribution in [0.1, 0.15) is 6.42 Å². The summed E-state index contributed by atoms with van der Waals surface area (Å²) in [6.07, 6.45) is 0.550. The molecule has 1 amide bonds. The predicted molar refractivity (Wildman–Crippen MR) is 62.4 cm³/mol. The van der Waals surface area contributed by atoms with E-state index in [1.165, 1.54) is 0 Å². The van der Waals surface area contributed by atoms with Gasteiger partial charge in [0.2, 0.25) is 5.91 Å². The minimum Gasteiger partial charge on any atom is -0.369 e. The third kappa shape index (κ3) is 2.78. The summed E-state index contributed by atoms with van der Waals surface area (Å²) in [7, 11) is -1.15. The van der Waals surface area contributed by atoms with Crippen LogP contribution in [0.3, 0.4) is 0 Å². The van der Waals surface area contributed by atoms with Gasteiger partial charge in [-0.3, -0.25) is 4.79 Å². The van der Waals surface area contributed by atoms with Crippen molar-refractivity contribution in [1.82, 2.24) is 10.2 Å². The molecule has 2 unspecified atom stereocenters. The molecule has 7 heteroatoms. The van der Waals surface area contributed by atoms with Gasteiger partial charge in [-0.05, 0) is 13.5 Å². The summed E-state index contributed by atoms with van der Waals surface area (Å²) < 4.78 is 28.1. The van der Waals surface area contributed by atoms with Gasteiger partial charge < -0.3 is 15.0 Å². The molecule has 2 fully saturated rings. The van der Waals surface area contributed by atoms with E-state index >= 15 is 0 Å². The lowest BCUT2D eigenvalue weighted by Crippen LogP contribution is -2.57. The average Bonchev–Trinajstić information content (AvgIpc) is 2.59. The minimum atomic E-state index is -2.96. The number of hydrogen-bond acceptors (Lipinski definition) is 5. The highest BCUT2D eigenvalue weighted by Gasteiger charge is 2.39. The van der Waals surface area contributed by atoms with E-state index in [0.717, 1.165) is 0 Å². The molecule has 98 valence electrons. The number of ether oxygens (including phenoxy) is 1. The fraction of sp³-hybridized carbons (Fsp3) is 0.900. The third-order valence-corrected chi connectivity index (χ3v) is 5.01. The van der Waals surface area contributed by atoms with E-state index in [1.807, 2.05) is 7.05 Å². The highest BCUT2D eigenvalue weighted by atomic mass is 32.2. The molecule has 2 aliphatic heterocycles. The monoisotopic (exact) mass is 262 g/mol. The molecule has 0 aliphatic carbocycles. The Morgan fingerprint density at radius 1 is 1.53 bits per heavy atom. The van der Waals surface area contributed by atoms with Crippen LogP contribution >= 0.6 is 0 Å². The zero-order valence-electron chi connectivity index (χ0n) is 9.89. The lowest BCUT2D eigenvalue weighted by Gasteiger charge is -2.39. The number of sulfone groups is 1. The van der Waals surface area contributed by atoms with Crippen molar-refractivity contribution >= 4 is 15.7 Å². The van der Waals surface area contributed by atoms with Gasteiger partial charge in [-0.1, -0.05) is 0 Å². The van der Waals surface area contributed by atoms with Crippen LogP contribution in [-0.2, 0) is 19.4 Å². The quantitative estimate of drug-likeness (QED) is 0.678. The number of hydrogen-bond donors (Lipinski definition) is 1. The van der Waals surface area contributed by atoms with E-state index in [4.69, 9.17) is 4.74 Å². The van der Waals surface area contributed by atoms with Crippen LogP contribution in [0.25, 0.3) is 0 Å². The van der Waals surface area contributed by atoms with Gasteiger partial charge in [-0.2, -0.15) is 0 Å². The number of likely N-dealkylation sites (N-methyl/N-ethyl adjacent to an activating group) is 1. The highest BCUT2D eigenvalue weighted by molar-refractivity contribution is 7.91. The van der Waals surface area contributed by atoms with Crippen LogP contribution in [0.4, 0.5) is 0 Å². The van der Waals surface area contributed by atoms with Crippen LogP contribution in [0.15, 0.2) is 0 Å². The van der Waals surface area contributed by atoms with E-state index in [1.54, 1.807) is 4.90 Å². The zero-order valence-corrected chi connectivity index (χ0v) is 10.7. The molecular formula is C10H18N2O4S. The third-order valence-electron chi connectivity index (χ3n) is 3.26. The largest absolute Gasteiger partial charge is 0.369 e. The minimum absolute atomic E-state index is 0.0560. The Labute approximate surface area is 101 Å². The molecule has 2 heterocycles. The van der Waals surface area contributed by atoms with E-state index in [9.17, 15) is 13.2 Å². The molecule has 6 nitrogen and oxygen atoms in total. The van der Waals surface area contributed by atoms with Crippen LogP contribution in [-0.4, -0.2) is 69.6 Å². The normalized spacial score (nSPS) is 33.0. The molecule has 17 heavy (non-hydrogen) atoms. The molecule has 0 aromatic heterocycles. The van der Waals surface area contributed by atoms with Crippen molar-refractivity contribution in [3.63, 3.8) is 0 Å². The van der Waals surface area contributed by atoms with Gasteiger partial charge in [0.05, 0.1) is 24.2 Å². The van der Waals surface area contributed by atoms with Gasteiger partial charge in [-0.25, -0.2) is 8.42 Å². The van der Waals surface area contributed by atoms with Crippen LogP contribution in [0.5, 0.6) is 0 Å². The Morgan fingerprint density at radius 2 is 2.29 bits per heavy atom. The maximum atomic E-state index is 11.9. The van der Waals surface area contributed by atoms with Gasteiger partial charge in [0.1, 0.15) is 6.61 Å². The summed E-state index contributed by atoms with van der Waals surface area (Å²) in [4.78, 5) is 13.6. The number of amides is 1. The number of rotatable bonds is 3. The smallest absolute Gasteiger partial charge is 0.249 e. The maximum Gasteiger partial charge on any atom is 0.249 e. The Morgan fingerprint density at radius 3 is 2.88 bits per heavy atom. The summed E-state index contributed by atoms with van der Waals surface area (Å²) in [5.41, 5.74) is 0. The molecule has 0 aromatic carbocycles. The van der Waals surface area contributed by atoms with Gasteiger partial charge in [-0.15, -0.1) is 0 Å². The molecule has 2 aliphatic rings.